The van der Waals surface area contributed by atoms with Gasteiger partial charge in [-0.05, 0) is 18.2 Å². The van der Waals surface area contributed by atoms with Crippen molar-refractivity contribution in [2.24, 2.45) is 0 Å². The van der Waals surface area contributed by atoms with Gasteiger partial charge in [-0.2, -0.15) is 0 Å². The number of alkyl halides is 1. The van der Waals surface area contributed by atoms with Crippen LogP contribution >= 0.6 is 11.6 Å². The van der Waals surface area contributed by atoms with Crippen molar-refractivity contribution in [3.63, 3.8) is 0 Å². The first-order chi connectivity index (χ1) is 8.76. The fraction of sp³-hybridized carbons (Fsp3) is 0.308. The van der Waals surface area contributed by atoms with E-state index in [0.29, 0.717) is 24.5 Å². The first kappa shape index (κ1) is 14.4. The molecule has 0 aliphatic heterocycles. The summed E-state index contributed by atoms with van der Waals surface area (Å²) in [6.45, 7) is 0.467. The van der Waals surface area contributed by atoms with Crippen molar-refractivity contribution in [3.05, 3.63) is 29.8 Å². The molecular weight excluding hydrogens is 252 g/mol. The van der Waals surface area contributed by atoms with Crippen molar-refractivity contribution in [1.29, 1.82) is 0 Å². The largest absolute Gasteiger partial charge is 0.395 e. The smallest absolute Gasteiger partial charge is 0.319 e. The Morgan fingerprint density at radius 3 is 3.00 bits per heavy atom. The molecule has 0 heterocycles. The lowest BCUT2D eigenvalue weighted by molar-refractivity contribution is 0.252. The number of carbonyl (C=O) groups is 1. The van der Waals surface area contributed by atoms with Gasteiger partial charge in [-0.1, -0.05) is 17.9 Å². The van der Waals surface area contributed by atoms with Gasteiger partial charge in [0.25, 0.3) is 0 Å². The Hall–Kier alpha value is -1.70. The fourth-order valence-corrected chi connectivity index (χ4v) is 1.33. The number of carbonyl (C=O) groups excluding carboxylic acids is 1. The van der Waals surface area contributed by atoms with Crippen LogP contribution in [-0.2, 0) is 0 Å². The summed E-state index contributed by atoms with van der Waals surface area (Å²) in [6.07, 6.45) is 0.438. The molecule has 0 atom stereocenters. The normalized spacial score (nSPS) is 9.22. The van der Waals surface area contributed by atoms with E-state index in [0.717, 1.165) is 5.56 Å². The predicted octanol–water partition coefficient (Wildman–Crippen LogP) is 1.78. The first-order valence-electron chi connectivity index (χ1n) is 5.57. The molecule has 0 saturated heterocycles. The molecule has 0 fully saturated rings. The van der Waals surface area contributed by atoms with Crippen molar-refractivity contribution in [2.45, 2.75) is 6.42 Å². The molecule has 96 valence electrons. The minimum absolute atomic E-state index is 0.0474. The number of amides is 2. The highest BCUT2D eigenvalue weighted by Gasteiger charge is 2.00. The molecule has 1 rings (SSSR count). The third-order valence-electron chi connectivity index (χ3n) is 1.97. The Morgan fingerprint density at radius 2 is 2.28 bits per heavy atom. The number of urea groups is 1. The summed E-state index contributed by atoms with van der Waals surface area (Å²) in [5, 5.41) is 13.9. The summed E-state index contributed by atoms with van der Waals surface area (Å²) in [5.41, 5.74) is 1.46. The lowest BCUT2D eigenvalue weighted by Gasteiger charge is -2.06. The van der Waals surface area contributed by atoms with Crippen molar-refractivity contribution < 1.29 is 9.90 Å². The number of rotatable bonds is 4. The molecule has 18 heavy (non-hydrogen) atoms. The number of hydrogen-bond donors (Lipinski definition) is 3. The van der Waals surface area contributed by atoms with E-state index in [-0.39, 0.29) is 12.6 Å². The maximum Gasteiger partial charge on any atom is 0.319 e. The maximum atomic E-state index is 11.4. The Morgan fingerprint density at radius 1 is 1.44 bits per heavy atom. The minimum Gasteiger partial charge on any atom is -0.395 e. The molecule has 4 nitrogen and oxygen atoms in total. The number of halogens is 1. The molecule has 3 N–H and O–H groups in total. The molecule has 1 aromatic carbocycles. The van der Waals surface area contributed by atoms with Crippen LogP contribution in [0.25, 0.3) is 0 Å². The van der Waals surface area contributed by atoms with E-state index >= 15 is 0 Å². The van der Waals surface area contributed by atoms with Gasteiger partial charge in [0.1, 0.15) is 0 Å². The summed E-state index contributed by atoms with van der Waals surface area (Å²) in [5.74, 6) is 6.10. The van der Waals surface area contributed by atoms with Crippen LogP contribution in [0.4, 0.5) is 10.5 Å². The quantitative estimate of drug-likeness (QED) is 0.575. The van der Waals surface area contributed by atoms with Crippen molar-refractivity contribution in [3.8, 4) is 11.8 Å². The third-order valence-corrected chi connectivity index (χ3v) is 2.16. The molecule has 2 amide bonds. The summed E-state index contributed by atoms with van der Waals surface area (Å²) in [6, 6.07) is 6.89. The lowest BCUT2D eigenvalue weighted by atomic mass is 10.2. The molecule has 0 unspecified atom stereocenters. The van der Waals surface area contributed by atoms with E-state index in [1.54, 1.807) is 18.2 Å². The molecular formula is C13H15ClN2O2. The van der Waals surface area contributed by atoms with Crippen LogP contribution in [-0.4, -0.2) is 30.2 Å². The predicted molar refractivity (Wildman–Crippen MR) is 72.8 cm³/mol. The number of hydrogen-bond acceptors (Lipinski definition) is 2. The van der Waals surface area contributed by atoms with E-state index in [1.165, 1.54) is 0 Å². The zero-order valence-electron chi connectivity index (χ0n) is 9.87. The third kappa shape index (κ3) is 5.58. The molecule has 0 saturated carbocycles. The SMILES string of the molecule is O=C(NCCCl)Nc1cccc(C#CCCO)c1. The second-order valence-corrected chi connectivity index (χ2v) is 3.80. The van der Waals surface area contributed by atoms with Crippen LogP contribution in [0.5, 0.6) is 0 Å². The molecule has 0 bridgehead atoms. The molecule has 5 heteroatoms. The van der Waals surface area contributed by atoms with Crippen LogP contribution in [0.1, 0.15) is 12.0 Å². The van der Waals surface area contributed by atoms with Crippen molar-refractivity contribution in [2.75, 3.05) is 24.3 Å². The van der Waals surface area contributed by atoms with Crippen molar-refractivity contribution in [1.82, 2.24) is 5.32 Å². The average Bonchev–Trinajstić information content (AvgIpc) is 2.37. The fourth-order valence-electron chi connectivity index (χ4n) is 1.23. The Labute approximate surface area is 111 Å². The highest BCUT2D eigenvalue weighted by molar-refractivity contribution is 6.18. The highest BCUT2D eigenvalue weighted by atomic mass is 35.5. The van der Waals surface area contributed by atoms with Crippen LogP contribution in [0.3, 0.4) is 0 Å². The topological polar surface area (TPSA) is 61.4 Å². The van der Waals surface area contributed by atoms with E-state index in [2.05, 4.69) is 22.5 Å². The molecule has 0 aliphatic carbocycles. The summed E-state index contributed by atoms with van der Waals surface area (Å²) >= 11 is 5.46. The Bertz CT molecular complexity index is 452. The summed E-state index contributed by atoms with van der Waals surface area (Å²) in [7, 11) is 0. The molecule has 0 radical (unpaired) electrons. The van der Waals surface area contributed by atoms with Gasteiger partial charge in [0.05, 0.1) is 6.61 Å². The highest BCUT2D eigenvalue weighted by Crippen LogP contribution is 2.09. The van der Waals surface area contributed by atoms with Gasteiger partial charge >= 0.3 is 6.03 Å². The number of benzene rings is 1. The van der Waals surface area contributed by atoms with Gasteiger partial charge in [-0.25, -0.2) is 4.79 Å². The van der Waals surface area contributed by atoms with Gasteiger partial charge < -0.3 is 15.7 Å². The summed E-state index contributed by atoms with van der Waals surface area (Å²) < 4.78 is 0. The molecule has 1 aromatic rings. The van der Waals surface area contributed by atoms with Crippen LogP contribution < -0.4 is 10.6 Å². The lowest BCUT2D eigenvalue weighted by Crippen LogP contribution is -2.30. The Kier molecular flexibility index (Phi) is 6.70. The van der Waals surface area contributed by atoms with Crippen molar-refractivity contribution >= 4 is 23.3 Å². The first-order valence-corrected chi connectivity index (χ1v) is 6.10. The van der Waals surface area contributed by atoms with E-state index in [4.69, 9.17) is 16.7 Å². The van der Waals surface area contributed by atoms with Gasteiger partial charge in [0, 0.05) is 30.1 Å². The monoisotopic (exact) mass is 266 g/mol. The second kappa shape index (κ2) is 8.40. The average molecular weight is 267 g/mol. The molecule has 0 aliphatic rings. The second-order valence-electron chi connectivity index (χ2n) is 3.43. The Balaban J connectivity index is 2.60. The zero-order chi connectivity index (χ0) is 13.2. The van der Waals surface area contributed by atoms with Crippen LogP contribution in [0.2, 0.25) is 0 Å². The van der Waals surface area contributed by atoms with Crippen LogP contribution in [0.15, 0.2) is 24.3 Å². The number of aliphatic hydroxyl groups is 1. The van der Waals surface area contributed by atoms with Crippen LogP contribution in [0, 0.1) is 11.8 Å². The molecule has 0 aromatic heterocycles. The number of aliphatic hydroxyl groups excluding tert-OH is 1. The van der Waals surface area contributed by atoms with Gasteiger partial charge in [-0.15, -0.1) is 11.6 Å². The van der Waals surface area contributed by atoms with E-state index < -0.39 is 0 Å². The number of nitrogens with one attached hydrogen (secondary N) is 2. The van der Waals surface area contributed by atoms with Gasteiger partial charge in [0.15, 0.2) is 0 Å². The zero-order valence-corrected chi connectivity index (χ0v) is 10.6. The standard InChI is InChI=1S/C13H15ClN2O2/c14-7-8-15-13(18)16-12-6-3-5-11(10-12)4-1-2-9-17/h3,5-6,10,17H,2,7-9H2,(H2,15,16,18). The van der Waals surface area contributed by atoms with Gasteiger partial charge in [0.2, 0.25) is 0 Å². The number of anilines is 1. The van der Waals surface area contributed by atoms with E-state index in [9.17, 15) is 4.79 Å². The maximum absolute atomic E-state index is 11.4. The molecule has 0 spiro atoms. The summed E-state index contributed by atoms with van der Waals surface area (Å²) in [4.78, 5) is 11.4. The van der Waals surface area contributed by atoms with Gasteiger partial charge in [-0.3, -0.25) is 0 Å². The minimum atomic E-state index is -0.295. The van der Waals surface area contributed by atoms with E-state index in [1.807, 2.05) is 6.07 Å².